The highest BCUT2D eigenvalue weighted by Gasteiger charge is 2.15. The largest absolute Gasteiger partial charge is 0.497 e. The van der Waals surface area contributed by atoms with Gasteiger partial charge < -0.3 is 19.5 Å². The number of methoxy groups -OCH3 is 1. The first kappa shape index (κ1) is 13.8. The van der Waals surface area contributed by atoms with E-state index >= 15 is 0 Å². The van der Waals surface area contributed by atoms with Gasteiger partial charge in [0, 0.05) is 12.6 Å². The zero-order valence-corrected chi connectivity index (χ0v) is 12.3. The number of hydrogen-bond acceptors (Lipinski definition) is 4. The predicted molar refractivity (Wildman–Crippen MR) is 80.8 cm³/mol. The molecule has 1 unspecified atom stereocenters. The molecular formula is C17H19NO3. The predicted octanol–water partition coefficient (Wildman–Crippen LogP) is 3.27. The highest BCUT2D eigenvalue weighted by Crippen LogP contribution is 2.34. The summed E-state index contributed by atoms with van der Waals surface area (Å²) >= 11 is 0. The van der Waals surface area contributed by atoms with Crippen molar-refractivity contribution in [3.8, 4) is 17.2 Å². The Bertz CT molecular complexity index is 610. The number of hydrogen-bond donors (Lipinski definition) is 1. The minimum atomic E-state index is 0.238. The highest BCUT2D eigenvalue weighted by atomic mass is 16.7. The lowest BCUT2D eigenvalue weighted by molar-refractivity contribution is 0.174. The molecule has 4 heteroatoms. The minimum Gasteiger partial charge on any atom is -0.497 e. The van der Waals surface area contributed by atoms with Crippen LogP contribution in [0, 0.1) is 0 Å². The lowest BCUT2D eigenvalue weighted by Crippen LogP contribution is -2.17. The molecule has 110 valence electrons. The van der Waals surface area contributed by atoms with Gasteiger partial charge in [-0.05, 0) is 42.3 Å². The van der Waals surface area contributed by atoms with Crippen LogP contribution in [0.25, 0.3) is 0 Å². The standard InChI is InChI=1S/C17H19NO3/c1-12(14-5-8-16-17(9-14)21-11-20-16)18-10-13-3-6-15(19-2)7-4-13/h3-9,12,18H,10-11H2,1-2H3. The summed E-state index contributed by atoms with van der Waals surface area (Å²) in [7, 11) is 1.68. The van der Waals surface area contributed by atoms with E-state index in [4.69, 9.17) is 14.2 Å². The number of rotatable bonds is 5. The molecule has 0 aliphatic carbocycles. The summed E-state index contributed by atoms with van der Waals surface area (Å²) in [4.78, 5) is 0. The lowest BCUT2D eigenvalue weighted by Gasteiger charge is -2.15. The second-order valence-corrected chi connectivity index (χ2v) is 5.06. The van der Waals surface area contributed by atoms with Crippen LogP contribution in [0.1, 0.15) is 24.1 Å². The Morgan fingerprint density at radius 1 is 1.10 bits per heavy atom. The van der Waals surface area contributed by atoms with Gasteiger partial charge in [0.05, 0.1) is 7.11 Å². The second kappa shape index (κ2) is 6.06. The van der Waals surface area contributed by atoms with Crippen molar-refractivity contribution in [2.75, 3.05) is 13.9 Å². The molecule has 0 amide bonds. The van der Waals surface area contributed by atoms with Gasteiger partial charge in [-0.15, -0.1) is 0 Å². The fourth-order valence-corrected chi connectivity index (χ4v) is 2.31. The van der Waals surface area contributed by atoms with E-state index in [2.05, 4.69) is 30.4 Å². The summed E-state index contributed by atoms with van der Waals surface area (Å²) in [6, 6.07) is 14.4. The number of benzene rings is 2. The first-order chi connectivity index (χ1) is 10.3. The molecule has 0 saturated heterocycles. The van der Waals surface area contributed by atoms with Crippen LogP contribution in [0.4, 0.5) is 0 Å². The van der Waals surface area contributed by atoms with Crippen molar-refractivity contribution in [3.05, 3.63) is 53.6 Å². The molecule has 0 radical (unpaired) electrons. The highest BCUT2D eigenvalue weighted by molar-refractivity contribution is 5.45. The summed E-state index contributed by atoms with van der Waals surface area (Å²) in [6.07, 6.45) is 0. The minimum absolute atomic E-state index is 0.238. The molecule has 1 N–H and O–H groups in total. The normalized spacial score (nSPS) is 14.0. The fourth-order valence-electron chi connectivity index (χ4n) is 2.31. The zero-order chi connectivity index (χ0) is 14.7. The molecule has 21 heavy (non-hydrogen) atoms. The maximum absolute atomic E-state index is 5.41. The van der Waals surface area contributed by atoms with Gasteiger partial charge in [0.1, 0.15) is 5.75 Å². The Morgan fingerprint density at radius 2 is 1.86 bits per heavy atom. The van der Waals surface area contributed by atoms with Crippen LogP contribution in [-0.4, -0.2) is 13.9 Å². The van der Waals surface area contributed by atoms with Crippen LogP contribution in [0.5, 0.6) is 17.2 Å². The SMILES string of the molecule is COc1ccc(CNC(C)c2ccc3c(c2)OCO3)cc1. The molecule has 3 rings (SSSR count). The summed E-state index contributed by atoms with van der Waals surface area (Å²) < 4.78 is 15.9. The smallest absolute Gasteiger partial charge is 0.231 e. The van der Waals surface area contributed by atoms with E-state index < -0.39 is 0 Å². The Kier molecular flexibility index (Phi) is 3.97. The van der Waals surface area contributed by atoms with Gasteiger partial charge in [-0.2, -0.15) is 0 Å². The van der Waals surface area contributed by atoms with Crippen molar-refractivity contribution in [1.82, 2.24) is 5.32 Å². The van der Waals surface area contributed by atoms with E-state index in [0.29, 0.717) is 6.79 Å². The van der Waals surface area contributed by atoms with Crippen LogP contribution in [0.2, 0.25) is 0 Å². The molecule has 0 spiro atoms. The van der Waals surface area contributed by atoms with Crippen molar-refractivity contribution in [3.63, 3.8) is 0 Å². The molecule has 0 bridgehead atoms. The van der Waals surface area contributed by atoms with Crippen molar-refractivity contribution < 1.29 is 14.2 Å². The summed E-state index contributed by atoms with van der Waals surface area (Å²) in [5.41, 5.74) is 2.41. The van der Waals surface area contributed by atoms with Gasteiger partial charge >= 0.3 is 0 Å². The van der Waals surface area contributed by atoms with Crippen molar-refractivity contribution in [1.29, 1.82) is 0 Å². The first-order valence-electron chi connectivity index (χ1n) is 7.02. The van der Waals surface area contributed by atoms with E-state index in [0.717, 1.165) is 23.8 Å². The lowest BCUT2D eigenvalue weighted by atomic mass is 10.1. The molecule has 2 aromatic carbocycles. The Morgan fingerprint density at radius 3 is 2.62 bits per heavy atom. The van der Waals surface area contributed by atoms with Crippen molar-refractivity contribution >= 4 is 0 Å². The molecule has 0 saturated carbocycles. The van der Waals surface area contributed by atoms with Gasteiger partial charge in [-0.25, -0.2) is 0 Å². The molecular weight excluding hydrogens is 266 g/mol. The molecule has 4 nitrogen and oxygen atoms in total. The van der Waals surface area contributed by atoms with Crippen LogP contribution < -0.4 is 19.5 Å². The third-order valence-electron chi connectivity index (χ3n) is 3.67. The van der Waals surface area contributed by atoms with E-state index in [9.17, 15) is 0 Å². The van der Waals surface area contributed by atoms with Crippen LogP contribution in [0.3, 0.4) is 0 Å². The van der Waals surface area contributed by atoms with Crippen LogP contribution >= 0.6 is 0 Å². The third kappa shape index (κ3) is 3.11. The van der Waals surface area contributed by atoms with E-state index in [1.807, 2.05) is 24.3 Å². The third-order valence-corrected chi connectivity index (χ3v) is 3.67. The van der Waals surface area contributed by atoms with Crippen molar-refractivity contribution in [2.45, 2.75) is 19.5 Å². The summed E-state index contributed by atoms with van der Waals surface area (Å²) in [5, 5.41) is 3.51. The second-order valence-electron chi connectivity index (χ2n) is 5.06. The quantitative estimate of drug-likeness (QED) is 0.915. The van der Waals surface area contributed by atoms with Gasteiger partial charge in [0.2, 0.25) is 6.79 Å². The van der Waals surface area contributed by atoms with Crippen LogP contribution in [0.15, 0.2) is 42.5 Å². The Balaban J connectivity index is 1.61. The molecule has 2 aromatic rings. The monoisotopic (exact) mass is 285 g/mol. The molecule has 1 heterocycles. The van der Waals surface area contributed by atoms with Gasteiger partial charge in [-0.1, -0.05) is 18.2 Å². The van der Waals surface area contributed by atoms with E-state index in [1.54, 1.807) is 7.11 Å². The maximum atomic E-state index is 5.41. The average molecular weight is 285 g/mol. The summed E-state index contributed by atoms with van der Waals surface area (Å²) in [5.74, 6) is 2.52. The Labute approximate surface area is 124 Å². The van der Waals surface area contributed by atoms with Crippen molar-refractivity contribution in [2.24, 2.45) is 0 Å². The Hall–Kier alpha value is -2.20. The maximum Gasteiger partial charge on any atom is 0.231 e. The number of fused-ring (bicyclic) bond motifs is 1. The molecule has 0 fully saturated rings. The van der Waals surface area contributed by atoms with Gasteiger partial charge in [0.15, 0.2) is 11.5 Å². The first-order valence-corrected chi connectivity index (χ1v) is 7.02. The number of ether oxygens (including phenoxy) is 3. The molecule has 1 aliphatic heterocycles. The van der Waals surface area contributed by atoms with Gasteiger partial charge in [0.25, 0.3) is 0 Å². The van der Waals surface area contributed by atoms with E-state index in [-0.39, 0.29) is 6.04 Å². The van der Waals surface area contributed by atoms with Gasteiger partial charge in [-0.3, -0.25) is 0 Å². The molecule has 1 aliphatic rings. The van der Waals surface area contributed by atoms with E-state index in [1.165, 1.54) is 11.1 Å². The zero-order valence-electron chi connectivity index (χ0n) is 12.3. The molecule has 0 aromatic heterocycles. The number of nitrogens with one attached hydrogen (secondary N) is 1. The average Bonchev–Trinajstić information content (AvgIpc) is 3.00. The fraction of sp³-hybridized carbons (Fsp3) is 0.294. The topological polar surface area (TPSA) is 39.7 Å². The van der Waals surface area contributed by atoms with Crippen LogP contribution in [-0.2, 0) is 6.54 Å². The molecule has 1 atom stereocenters. The summed E-state index contributed by atoms with van der Waals surface area (Å²) in [6.45, 7) is 3.26.